The molecule has 4 aliphatic rings. The molecular weight excluding hydrogens is 289 g/mol. The molecule has 0 unspecified atom stereocenters. The van der Waals surface area contributed by atoms with Crippen LogP contribution in [0.15, 0.2) is 18.2 Å². The lowest BCUT2D eigenvalue weighted by Gasteiger charge is -2.56. The first-order valence-electron chi connectivity index (χ1n) is 7.81. The van der Waals surface area contributed by atoms with Crippen LogP contribution in [0.4, 0.5) is 4.39 Å². The van der Waals surface area contributed by atoms with E-state index in [0.717, 1.165) is 37.0 Å². The van der Waals surface area contributed by atoms with Crippen molar-refractivity contribution < 1.29 is 9.18 Å². The maximum Gasteiger partial charge on any atom is 0.254 e. The summed E-state index contributed by atoms with van der Waals surface area (Å²) in [4.78, 5) is 12.5. The van der Waals surface area contributed by atoms with Gasteiger partial charge in [-0.3, -0.25) is 4.79 Å². The molecule has 1 amide bonds. The molecule has 0 heterocycles. The second-order valence-corrected chi connectivity index (χ2v) is 7.71. The Kier molecular flexibility index (Phi) is 3.04. The molecular formula is C17H19ClFNO. The Labute approximate surface area is 129 Å². The van der Waals surface area contributed by atoms with Gasteiger partial charge in [-0.05, 0) is 74.5 Å². The van der Waals surface area contributed by atoms with Crippen LogP contribution in [0.3, 0.4) is 0 Å². The van der Waals surface area contributed by atoms with Gasteiger partial charge in [0.15, 0.2) is 0 Å². The zero-order chi connectivity index (χ0) is 14.6. The molecule has 112 valence electrons. The Morgan fingerprint density at radius 2 is 1.71 bits per heavy atom. The summed E-state index contributed by atoms with van der Waals surface area (Å²) in [6.07, 6.45) is 7.15. The number of nitrogens with one attached hydrogen (secondary N) is 1. The molecule has 1 aromatic rings. The number of amides is 1. The molecule has 0 aliphatic heterocycles. The summed E-state index contributed by atoms with van der Waals surface area (Å²) in [6.45, 7) is 0. The van der Waals surface area contributed by atoms with Crippen LogP contribution in [0.25, 0.3) is 0 Å². The summed E-state index contributed by atoms with van der Waals surface area (Å²) < 4.78 is 13.9. The van der Waals surface area contributed by atoms with Gasteiger partial charge in [-0.25, -0.2) is 4.39 Å². The van der Waals surface area contributed by atoms with Gasteiger partial charge in [0, 0.05) is 10.6 Å². The predicted octanol–water partition coefficient (Wildman–Crippen LogP) is 4.18. The zero-order valence-electron chi connectivity index (χ0n) is 11.9. The lowest BCUT2D eigenvalue weighted by molar-refractivity contribution is -0.0167. The Morgan fingerprint density at radius 1 is 1.14 bits per heavy atom. The van der Waals surface area contributed by atoms with E-state index in [9.17, 15) is 9.18 Å². The van der Waals surface area contributed by atoms with E-state index in [0.29, 0.717) is 5.02 Å². The van der Waals surface area contributed by atoms with Crippen LogP contribution in [0, 0.1) is 23.6 Å². The number of rotatable bonds is 2. The van der Waals surface area contributed by atoms with Crippen LogP contribution in [0.2, 0.25) is 5.02 Å². The molecule has 4 bridgehead atoms. The predicted molar refractivity (Wildman–Crippen MR) is 79.8 cm³/mol. The maximum absolute atomic E-state index is 13.9. The summed E-state index contributed by atoms with van der Waals surface area (Å²) >= 11 is 5.89. The van der Waals surface area contributed by atoms with Crippen molar-refractivity contribution in [2.75, 3.05) is 0 Å². The topological polar surface area (TPSA) is 29.1 Å². The van der Waals surface area contributed by atoms with Gasteiger partial charge in [-0.2, -0.15) is 0 Å². The Morgan fingerprint density at radius 3 is 2.29 bits per heavy atom. The highest BCUT2D eigenvalue weighted by Gasteiger charge is 2.51. The van der Waals surface area contributed by atoms with Crippen molar-refractivity contribution in [2.24, 2.45) is 17.8 Å². The van der Waals surface area contributed by atoms with Crippen molar-refractivity contribution in [3.8, 4) is 0 Å². The molecule has 0 radical (unpaired) electrons. The van der Waals surface area contributed by atoms with Gasteiger partial charge in [-0.15, -0.1) is 0 Å². The third-order valence-corrected chi connectivity index (χ3v) is 5.83. The normalized spacial score (nSPS) is 36.8. The van der Waals surface area contributed by atoms with Gasteiger partial charge >= 0.3 is 0 Å². The average Bonchev–Trinajstić information content (AvgIpc) is 2.39. The van der Waals surface area contributed by atoms with E-state index in [1.165, 1.54) is 37.5 Å². The lowest BCUT2D eigenvalue weighted by Crippen LogP contribution is -2.59. The number of benzene rings is 1. The van der Waals surface area contributed by atoms with E-state index in [-0.39, 0.29) is 17.0 Å². The fourth-order valence-corrected chi connectivity index (χ4v) is 5.42. The maximum atomic E-state index is 13.9. The van der Waals surface area contributed by atoms with E-state index in [1.807, 2.05) is 0 Å². The minimum Gasteiger partial charge on any atom is -0.346 e. The minimum atomic E-state index is -0.498. The average molecular weight is 308 g/mol. The molecule has 0 spiro atoms. The SMILES string of the molecule is O=C(NC12CC3CC(CC(C3)C1)C2)c1cc(Cl)ccc1F. The van der Waals surface area contributed by atoms with E-state index < -0.39 is 5.82 Å². The largest absolute Gasteiger partial charge is 0.346 e. The lowest BCUT2D eigenvalue weighted by atomic mass is 9.53. The van der Waals surface area contributed by atoms with Crippen LogP contribution in [-0.4, -0.2) is 11.4 Å². The van der Waals surface area contributed by atoms with E-state index in [2.05, 4.69) is 5.32 Å². The molecule has 4 aliphatic carbocycles. The smallest absolute Gasteiger partial charge is 0.254 e. The third-order valence-electron chi connectivity index (χ3n) is 5.59. The first-order chi connectivity index (χ1) is 10.0. The Balaban J connectivity index is 1.58. The van der Waals surface area contributed by atoms with E-state index in [1.54, 1.807) is 0 Å². The molecule has 4 fully saturated rings. The number of hydrogen-bond donors (Lipinski definition) is 1. The minimum absolute atomic E-state index is 0.0678. The Bertz CT molecular complexity index is 565. The van der Waals surface area contributed by atoms with Crippen molar-refractivity contribution in [3.63, 3.8) is 0 Å². The van der Waals surface area contributed by atoms with Gasteiger partial charge in [0.2, 0.25) is 0 Å². The highest BCUT2D eigenvalue weighted by molar-refractivity contribution is 6.31. The van der Waals surface area contributed by atoms with Crippen LogP contribution < -0.4 is 5.32 Å². The molecule has 0 atom stereocenters. The molecule has 0 saturated heterocycles. The van der Waals surface area contributed by atoms with Crippen molar-refractivity contribution >= 4 is 17.5 Å². The summed E-state index contributed by atoms with van der Waals surface area (Å²) in [6, 6.07) is 4.15. The quantitative estimate of drug-likeness (QED) is 0.872. The van der Waals surface area contributed by atoms with Crippen LogP contribution in [0.1, 0.15) is 48.9 Å². The fourth-order valence-electron chi connectivity index (χ4n) is 5.24. The molecule has 2 nitrogen and oxygen atoms in total. The van der Waals surface area contributed by atoms with Gasteiger partial charge in [0.1, 0.15) is 5.82 Å². The summed E-state index contributed by atoms with van der Waals surface area (Å²) in [5.74, 6) is 1.45. The fraction of sp³-hybridized carbons (Fsp3) is 0.588. The molecule has 4 heteroatoms. The van der Waals surface area contributed by atoms with E-state index in [4.69, 9.17) is 11.6 Å². The van der Waals surface area contributed by atoms with Gasteiger partial charge in [0.25, 0.3) is 5.91 Å². The monoisotopic (exact) mass is 307 g/mol. The van der Waals surface area contributed by atoms with Crippen molar-refractivity contribution in [1.82, 2.24) is 5.32 Å². The molecule has 1 aromatic carbocycles. The third kappa shape index (κ3) is 2.36. The van der Waals surface area contributed by atoms with E-state index >= 15 is 0 Å². The Hall–Kier alpha value is -1.09. The first kappa shape index (κ1) is 13.6. The summed E-state index contributed by atoms with van der Waals surface area (Å²) in [5, 5.41) is 3.57. The van der Waals surface area contributed by atoms with Gasteiger partial charge < -0.3 is 5.32 Å². The summed E-state index contributed by atoms with van der Waals surface area (Å²) in [7, 11) is 0. The first-order valence-corrected chi connectivity index (χ1v) is 8.18. The number of halogens is 2. The molecule has 5 rings (SSSR count). The van der Waals surface area contributed by atoms with Crippen molar-refractivity contribution in [3.05, 3.63) is 34.6 Å². The number of carbonyl (C=O) groups is 1. The number of carbonyl (C=O) groups excluding carboxylic acids is 1. The molecule has 1 N–H and O–H groups in total. The molecule has 0 aromatic heterocycles. The molecule has 4 saturated carbocycles. The van der Waals surface area contributed by atoms with Crippen LogP contribution in [-0.2, 0) is 0 Å². The zero-order valence-corrected chi connectivity index (χ0v) is 12.6. The van der Waals surface area contributed by atoms with Gasteiger partial charge in [-0.1, -0.05) is 11.6 Å². The second kappa shape index (κ2) is 4.70. The van der Waals surface area contributed by atoms with Gasteiger partial charge in [0.05, 0.1) is 5.56 Å². The van der Waals surface area contributed by atoms with Crippen LogP contribution in [0.5, 0.6) is 0 Å². The second-order valence-electron chi connectivity index (χ2n) is 7.28. The summed E-state index contributed by atoms with van der Waals surface area (Å²) in [5.41, 5.74) is -0.0288. The van der Waals surface area contributed by atoms with Crippen molar-refractivity contribution in [1.29, 1.82) is 0 Å². The standard InChI is InChI=1S/C17H19ClFNO/c18-13-1-2-15(19)14(6-13)16(21)20-17-7-10-3-11(8-17)5-12(4-10)9-17/h1-2,6,10-12H,3-5,7-9H2,(H,20,21). The highest BCUT2D eigenvalue weighted by Crippen LogP contribution is 2.55. The van der Waals surface area contributed by atoms with Crippen molar-refractivity contribution in [2.45, 2.75) is 44.1 Å². The van der Waals surface area contributed by atoms with Crippen LogP contribution >= 0.6 is 11.6 Å². The molecule has 21 heavy (non-hydrogen) atoms. The number of hydrogen-bond acceptors (Lipinski definition) is 1. The highest BCUT2D eigenvalue weighted by atomic mass is 35.5.